The molecule has 0 N–H and O–H groups in total. The second-order valence-electron chi connectivity index (χ2n) is 3.95. The molecule has 0 aliphatic rings. The fourth-order valence-corrected chi connectivity index (χ4v) is 1.34. The lowest BCUT2D eigenvalue weighted by atomic mass is 10.0. The summed E-state index contributed by atoms with van der Waals surface area (Å²) in [6, 6.07) is 0. The van der Waals surface area contributed by atoms with Crippen LogP contribution in [0, 0.1) is 5.92 Å². The quantitative estimate of drug-likeness (QED) is 0.452. The van der Waals surface area contributed by atoms with Crippen LogP contribution in [0.2, 0.25) is 0 Å². The molecule has 0 bridgehead atoms. The van der Waals surface area contributed by atoms with Gasteiger partial charge in [0.05, 0.1) is 0 Å². The van der Waals surface area contributed by atoms with Gasteiger partial charge in [0.2, 0.25) is 0 Å². The summed E-state index contributed by atoms with van der Waals surface area (Å²) >= 11 is 0. The number of ketones is 1. The van der Waals surface area contributed by atoms with Gasteiger partial charge in [-0.3, -0.25) is 4.79 Å². The minimum absolute atomic E-state index is 0.241. The van der Waals surface area contributed by atoms with E-state index in [0.29, 0.717) is 5.92 Å². The molecule has 0 saturated heterocycles. The van der Waals surface area contributed by atoms with Crippen LogP contribution < -0.4 is 0 Å². The molecule has 0 heterocycles. The molecular weight excluding hydrogens is 160 g/mol. The van der Waals surface area contributed by atoms with Crippen molar-refractivity contribution >= 4 is 5.78 Å². The molecule has 1 heteroatoms. The molecule has 0 saturated carbocycles. The first-order chi connectivity index (χ1) is 6.07. The molecule has 0 aliphatic carbocycles. The third kappa shape index (κ3) is 6.56. The van der Waals surface area contributed by atoms with Gasteiger partial charge in [-0.1, -0.05) is 39.7 Å². The predicted molar refractivity (Wildman–Crippen MR) is 57.7 cm³/mol. The molecule has 13 heavy (non-hydrogen) atoms. The predicted octanol–water partition coefficient (Wildman–Crippen LogP) is 3.74. The maximum Gasteiger partial charge on any atom is 0.155 e. The Morgan fingerprint density at radius 2 is 1.92 bits per heavy atom. The number of hydrogen-bond acceptors (Lipinski definition) is 1. The molecular formula is C12H22O. The average molecular weight is 182 g/mol. The Morgan fingerprint density at radius 3 is 2.31 bits per heavy atom. The Morgan fingerprint density at radius 1 is 1.31 bits per heavy atom. The Hall–Kier alpha value is -0.590. The maximum atomic E-state index is 11.2. The van der Waals surface area contributed by atoms with E-state index in [2.05, 4.69) is 26.8 Å². The van der Waals surface area contributed by atoms with Crippen molar-refractivity contribution in [1.29, 1.82) is 0 Å². The fourth-order valence-electron chi connectivity index (χ4n) is 1.34. The normalized spacial score (nSPS) is 12.2. The van der Waals surface area contributed by atoms with Gasteiger partial charge in [0.1, 0.15) is 0 Å². The fraction of sp³-hybridized carbons (Fsp3) is 0.750. The topological polar surface area (TPSA) is 17.1 Å². The first kappa shape index (κ1) is 12.4. The van der Waals surface area contributed by atoms with Gasteiger partial charge in [-0.15, -0.1) is 0 Å². The van der Waals surface area contributed by atoms with E-state index in [0.717, 1.165) is 18.4 Å². The smallest absolute Gasteiger partial charge is 0.155 e. The van der Waals surface area contributed by atoms with Crippen molar-refractivity contribution in [2.45, 2.75) is 53.4 Å². The second kappa shape index (κ2) is 6.88. The van der Waals surface area contributed by atoms with Gasteiger partial charge in [0, 0.05) is 0 Å². The van der Waals surface area contributed by atoms with Crippen molar-refractivity contribution < 1.29 is 4.79 Å². The summed E-state index contributed by atoms with van der Waals surface area (Å²) in [6.45, 7) is 8.07. The first-order valence-electron chi connectivity index (χ1n) is 5.29. The van der Waals surface area contributed by atoms with E-state index in [1.165, 1.54) is 12.8 Å². The van der Waals surface area contributed by atoms with E-state index in [1.807, 2.05) is 0 Å². The number of carbonyl (C=O) groups is 1. The van der Waals surface area contributed by atoms with E-state index in [-0.39, 0.29) is 5.78 Å². The highest BCUT2D eigenvalue weighted by Crippen LogP contribution is 2.12. The van der Waals surface area contributed by atoms with E-state index < -0.39 is 0 Å². The van der Waals surface area contributed by atoms with E-state index in [1.54, 1.807) is 6.92 Å². The van der Waals surface area contributed by atoms with Crippen molar-refractivity contribution in [1.82, 2.24) is 0 Å². The standard InChI is InChI=1S/C12H22O/c1-5-6-7-8-12(11(4)13)9-10(2)3/h9-10H,5-8H2,1-4H3/b12-9+. The zero-order valence-corrected chi connectivity index (χ0v) is 9.39. The highest BCUT2D eigenvalue weighted by Gasteiger charge is 2.03. The molecule has 0 rings (SSSR count). The largest absolute Gasteiger partial charge is 0.295 e. The zero-order valence-electron chi connectivity index (χ0n) is 9.39. The van der Waals surface area contributed by atoms with Crippen LogP contribution in [0.3, 0.4) is 0 Å². The van der Waals surface area contributed by atoms with Crippen molar-refractivity contribution in [3.63, 3.8) is 0 Å². The van der Waals surface area contributed by atoms with E-state index in [9.17, 15) is 4.79 Å². The van der Waals surface area contributed by atoms with Gasteiger partial charge >= 0.3 is 0 Å². The summed E-state index contributed by atoms with van der Waals surface area (Å²) in [7, 11) is 0. The Balaban J connectivity index is 4.03. The van der Waals surface area contributed by atoms with Crippen LogP contribution in [-0.2, 0) is 4.79 Å². The van der Waals surface area contributed by atoms with Gasteiger partial charge in [-0.25, -0.2) is 0 Å². The molecule has 0 atom stereocenters. The summed E-state index contributed by atoms with van der Waals surface area (Å²) in [5.41, 5.74) is 1.02. The van der Waals surface area contributed by atoms with E-state index >= 15 is 0 Å². The third-order valence-electron chi connectivity index (χ3n) is 2.04. The SMILES string of the molecule is CCCCC/C(=C\C(C)C)C(C)=O. The number of allylic oxidation sites excluding steroid dienone is 2. The van der Waals surface area contributed by atoms with Crippen LogP contribution in [0.5, 0.6) is 0 Å². The lowest BCUT2D eigenvalue weighted by molar-refractivity contribution is -0.113. The minimum Gasteiger partial charge on any atom is -0.295 e. The number of carbonyl (C=O) groups excluding carboxylic acids is 1. The molecule has 0 radical (unpaired) electrons. The van der Waals surface area contributed by atoms with Gasteiger partial charge in [0.25, 0.3) is 0 Å². The van der Waals surface area contributed by atoms with Crippen LogP contribution in [-0.4, -0.2) is 5.78 Å². The first-order valence-corrected chi connectivity index (χ1v) is 5.29. The van der Waals surface area contributed by atoms with Crippen molar-refractivity contribution in [3.05, 3.63) is 11.6 Å². The van der Waals surface area contributed by atoms with Crippen molar-refractivity contribution in [2.75, 3.05) is 0 Å². The number of hydrogen-bond donors (Lipinski definition) is 0. The second-order valence-corrected chi connectivity index (χ2v) is 3.95. The number of Topliss-reactive ketones (excluding diaryl/α,β-unsaturated/α-hetero) is 1. The van der Waals surface area contributed by atoms with Crippen LogP contribution in [0.25, 0.3) is 0 Å². The maximum absolute atomic E-state index is 11.2. The molecule has 0 aromatic heterocycles. The summed E-state index contributed by atoms with van der Waals surface area (Å²) in [4.78, 5) is 11.2. The highest BCUT2D eigenvalue weighted by atomic mass is 16.1. The van der Waals surface area contributed by atoms with Crippen LogP contribution in [0.15, 0.2) is 11.6 Å². The van der Waals surface area contributed by atoms with Crippen molar-refractivity contribution in [2.24, 2.45) is 5.92 Å². The molecule has 0 spiro atoms. The molecule has 0 unspecified atom stereocenters. The molecule has 76 valence electrons. The Bertz CT molecular complexity index is 178. The summed E-state index contributed by atoms with van der Waals surface area (Å²) in [5, 5.41) is 0. The van der Waals surface area contributed by atoms with Crippen LogP contribution in [0.1, 0.15) is 53.4 Å². The summed E-state index contributed by atoms with van der Waals surface area (Å²) < 4.78 is 0. The Labute approximate surface area is 82.2 Å². The van der Waals surface area contributed by atoms with Gasteiger partial charge < -0.3 is 0 Å². The highest BCUT2D eigenvalue weighted by molar-refractivity contribution is 5.93. The monoisotopic (exact) mass is 182 g/mol. The Kier molecular flexibility index (Phi) is 6.56. The zero-order chi connectivity index (χ0) is 10.3. The minimum atomic E-state index is 0.241. The van der Waals surface area contributed by atoms with Crippen LogP contribution >= 0.6 is 0 Å². The molecule has 1 nitrogen and oxygen atoms in total. The number of rotatable bonds is 6. The van der Waals surface area contributed by atoms with Gasteiger partial charge in [0.15, 0.2) is 5.78 Å². The summed E-state index contributed by atoms with van der Waals surface area (Å²) in [5.74, 6) is 0.727. The molecule has 0 amide bonds. The van der Waals surface area contributed by atoms with Crippen LogP contribution in [0.4, 0.5) is 0 Å². The lowest BCUT2D eigenvalue weighted by Crippen LogP contribution is -1.99. The third-order valence-corrected chi connectivity index (χ3v) is 2.04. The average Bonchev–Trinajstić information content (AvgIpc) is 2.02. The number of unbranched alkanes of at least 4 members (excludes halogenated alkanes) is 2. The van der Waals surface area contributed by atoms with Crippen molar-refractivity contribution in [3.8, 4) is 0 Å². The molecule has 0 fully saturated rings. The molecule has 0 aliphatic heterocycles. The lowest BCUT2D eigenvalue weighted by Gasteiger charge is -2.04. The van der Waals surface area contributed by atoms with Gasteiger partial charge in [-0.2, -0.15) is 0 Å². The molecule has 0 aromatic carbocycles. The van der Waals surface area contributed by atoms with Gasteiger partial charge in [-0.05, 0) is 31.3 Å². The summed E-state index contributed by atoms with van der Waals surface area (Å²) in [6.07, 6.45) is 6.64. The molecule has 0 aromatic rings. The van der Waals surface area contributed by atoms with E-state index in [4.69, 9.17) is 0 Å².